The van der Waals surface area contributed by atoms with Crippen molar-refractivity contribution in [3.05, 3.63) is 22.8 Å². The first-order chi connectivity index (χ1) is 7.64. The van der Waals surface area contributed by atoms with Crippen molar-refractivity contribution < 1.29 is 4.79 Å². The summed E-state index contributed by atoms with van der Waals surface area (Å²) in [5.74, 6) is 0.00644. The van der Waals surface area contributed by atoms with E-state index >= 15 is 0 Å². The fourth-order valence-corrected chi connectivity index (χ4v) is 1.69. The monoisotopic (exact) mass is 234 g/mol. The number of benzene rings is 1. The Hall–Kier alpha value is -1.51. The summed E-state index contributed by atoms with van der Waals surface area (Å²) in [7, 11) is 0. The zero-order chi connectivity index (χ0) is 13.4. The minimum absolute atomic E-state index is 0.00644. The zero-order valence-electron chi connectivity index (χ0n) is 11.6. The summed E-state index contributed by atoms with van der Waals surface area (Å²) in [6.45, 7) is 11.6. The quantitative estimate of drug-likeness (QED) is 0.733. The number of nitrogen functional groups attached to an aromatic ring is 1. The number of nitrogens with two attached hydrogens (primary N) is 1. The van der Waals surface area contributed by atoms with Crippen molar-refractivity contribution in [3.8, 4) is 0 Å². The first-order valence-corrected chi connectivity index (χ1v) is 5.82. The Morgan fingerprint density at radius 2 is 1.71 bits per heavy atom. The van der Waals surface area contributed by atoms with Crippen molar-refractivity contribution in [2.75, 3.05) is 11.1 Å². The van der Waals surface area contributed by atoms with Crippen LogP contribution in [0.15, 0.2) is 6.07 Å². The number of nitrogens with one attached hydrogen (secondary N) is 1. The standard InChI is InChI=1S/C14H22N2O/c1-8-7-9(2)12(10(3)11(8)15)16-13(17)14(4,5)6/h7H,15H2,1-6H3,(H,16,17). The molecule has 1 amide bonds. The molecule has 1 aromatic rings. The molecular formula is C14H22N2O. The number of carbonyl (C=O) groups excluding carboxylic acids is 1. The molecule has 17 heavy (non-hydrogen) atoms. The van der Waals surface area contributed by atoms with E-state index in [1.54, 1.807) is 0 Å². The summed E-state index contributed by atoms with van der Waals surface area (Å²) in [4.78, 5) is 12.0. The molecule has 0 aliphatic carbocycles. The predicted molar refractivity (Wildman–Crippen MR) is 73.2 cm³/mol. The Morgan fingerprint density at radius 1 is 1.18 bits per heavy atom. The Bertz CT molecular complexity index is 456. The summed E-state index contributed by atoms with van der Waals surface area (Å²) >= 11 is 0. The van der Waals surface area contributed by atoms with Crippen molar-refractivity contribution in [1.29, 1.82) is 0 Å². The van der Waals surface area contributed by atoms with Gasteiger partial charge in [-0.1, -0.05) is 26.8 Å². The van der Waals surface area contributed by atoms with Crippen LogP contribution in [0, 0.1) is 26.2 Å². The first-order valence-electron chi connectivity index (χ1n) is 5.82. The Balaban J connectivity index is 3.17. The van der Waals surface area contributed by atoms with Gasteiger partial charge < -0.3 is 11.1 Å². The van der Waals surface area contributed by atoms with Crippen LogP contribution in [0.2, 0.25) is 0 Å². The number of anilines is 2. The SMILES string of the molecule is Cc1cc(C)c(NC(=O)C(C)(C)C)c(C)c1N. The average molecular weight is 234 g/mol. The molecule has 0 spiro atoms. The van der Waals surface area contributed by atoms with Gasteiger partial charge in [0, 0.05) is 16.8 Å². The minimum atomic E-state index is -0.404. The van der Waals surface area contributed by atoms with Crippen molar-refractivity contribution in [1.82, 2.24) is 0 Å². The molecule has 0 atom stereocenters. The lowest BCUT2D eigenvalue weighted by Crippen LogP contribution is -2.28. The number of aryl methyl sites for hydroxylation is 2. The van der Waals surface area contributed by atoms with Crippen molar-refractivity contribution in [2.45, 2.75) is 41.5 Å². The molecule has 94 valence electrons. The summed E-state index contributed by atoms with van der Waals surface area (Å²) in [6, 6.07) is 2.00. The van der Waals surface area contributed by atoms with Crippen molar-refractivity contribution in [3.63, 3.8) is 0 Å². The lowest BCUT2D eigenvalue weighted by molar-refractivity contribution is -0.123. The second kappa shape index (κ2) is 4.40. The van der Waals surface area contributed by atoms with E-state index in [1.165, 1.54) is 0 Å². The van der Waals surface area contributed by atoms with Gasteiger partial charge in [-0.15, -0.1) is 0 Å². The van der Waals surface area contributed by atoms with E-state index in [1.807, 2.05) is 47.6 Å². The van der Waals surface area contributed by atoms with Gasteiger partial charge in [-0.3, -0.25) is 4.79 Å². The molecule has 0 heterocycles. The van der Waals surface area contributed by atoms with Gasteiger partial charge in [-0.25, -0.2) is 0 Å². The molecular weight excluding hydrogens is 212 g/mol. The average Bonchev–Trinajstić information content (AvgIpc) is 2.19. The summed E-state index contributed by atoms with van der Waals surface area (Å²) in [6.07, 6.45) is 0. The van der Waals surface area contributed by atoms with E-state index in [0.29, 0.717) is 0 Å². The maximum Gasteiger partial charge on any atom is 0.229 e. The molecule has 3 N–H and O–H groups in total. The Morgan fingerprint density at radius 3 is 2.18 bits per heavy atom. The smallest absolute Gasteiger partial charge is 0.229 e. The molecule has 0 aromatic heterocycles. The van der Waals surface area contributed by atoms with Crippen LogP contribution in [0.1, 0.15) is 37.5 Å². The third-order valence-electron chi connectivity index (χ3n) is 2.95. The molecule has 0 aliphatic heterocycles. The van der Waals surface area contributed by atoms with Crippen LogP contribution >= 0.6 is 0 Å². The van der Waals surface area contributed by atoms with Crippen LogP contribution in [0.25, 0.3) is 0 Å². The number of rotatable bonds is 1. The highest BCUT2D eigenvalue weighted by Crippen LogP contribution is 2.30. The first kappa shape index (κ1) is 13.6. The number of hydrogen-bond donors (Lipinski definition) is 2. The third kappa shape index (κ3) is 2.78. The highest BCUT2D eigenvalue weighted by Gasteiger charge is 2.22. The molecule has 0 aliphatic rings. The van der Waals surface area contributed by atoms with Gasteiger partial charge >= 0.3 is 0 Å². The molecule has 0 fully saturated rings. The van der Waals surface area contributed by atoms with Gasteiger partial charge in [-0.2, -0.15) is 0 Å². The van der Waals surface area contributed by atoms with E-state index < -0.39 is 5.41 Å². The van der Waals surface area contributed by atoms with Gasteiger partial charge in [-0.05, 0) is 37.5 Å². The molecule has 0 bridgehead atoms. The normalized spacial score (nSPS) is 11.4. The van der Waals surface area contributed by atoms with Crippen LogP contribution in [0.3, 0.4) is 0 Å². The summed E-state index contributed by atoms with van der Waals surface area (Å²) in [5.41, 5.74) is 10.2. The van der Waals surface area contributed by atoms with Crippen LogP contribution in [0.5, 0.6) is 0 Å². The second-order valence-electron chi connectivity index (χ2n) is 5.63. The van der Waals surface area contributed by atoms with Crippen LogP contribution in [0.4, 0.5) is 11.4 Å². The Labute approximate surface area is 103 Å². The highest BCUT2D eigenvalue weighted by atomic mass is 16.2. The second-order valence-corrected chi connectivity index (χ2v) is 5.63. The summed E-state index contributed by atoms with van der Waals surface area (Å²) < 4.78 is 0. The third-order valence-corrected chi connectivity index (χ3v) is 2.95. The molecule has 1 rings (SSSR count). The molecule has 0 saturated carbocycles. The largest absolute Gasteiger partial charge is 0.398 e. The molecule has 0 saturated heterocycles. The van der Waals surface area contributed by atoms with E-state index in [0.717, 1.165) is 28.1 Å². The van der Waals surface area contributed by atoms with E-state index in [2.05, 4.69) is 5.32 Å². The van der Waals surface area contributed by atoms with E-state index in [9.17, 15) is 4.79 Å². The summed E-state index contributed by atoms with van der Waals surface area (Å²) in [5, 5.41) is 2.97. The van der Waals surface area contributed by atoms with Gasteiger partial charge in [0.1, 0.15) is 0 Å². The fourth-order valence-electron chi connectivity index (χ4n) is 1.69. The van der Waals surface area contributed by atoms with Crippen LogP contribution in [-0.2, 0) is 4.79 Å². The van der Waals surface area contributed by atoms with Crippen molar-refractivity contribution in [2.24, 2.45) is 5.41 Å². The number of hydrogen-bond acceptors (Lipinski definition) is 2. The lowest BCUT2D eigenvalue weighted by atomic mass is 9.94. The van der Waals surface area contributed by atoms with E-state index in [-0.39, 0.29) is 5.91 Å². The molecule has 0 unspecified atom stereocenters. The zero-order valence-corrected chi connectivity index (χ0v) is 11.6. The maximum absolute atomic E-state index is 12.0. The highest BCUT2D eigenvalue weighted by molar-refractivity contribution is 5.96. The van der Waals surface area contributed by atoms with Crippen LogP contribution < -0.4 is 11.1 Å². The fraction of sp³-hybridized carbons (Fsp3) is 0.500. The predicted octanol–water partition coefficient (Wildman–Crippen LogP) is 3.18. The van der Waals surface area contributed by atoms with Crippen molar-refractivity contribution >= 4 is 17.3 Å². The van der Waals surface area contributed by atoms with Crippen LogP contribution in [-0.4, -0.2) is 5.91 Å². The molecule has 0 radical (unpaired) electrons. The molecule has 1 aromatic carbocycles. The van der Waals surface area contributed by atoms with E-state index in [4.69, 9.17) is 5.73 Å². The number of amides is 1. The lowest BCUT2D eigenvalue weighted by Gasteiger charge is -2.21. The molecule has 3 heteroatoms. The maximum atomic E-state index is 12.0. The van der Waals surface area contributed by atoms with Gasteiger partial charge in [0.2, 0.25) is 5.91 Å². The van der Waals surface area contributed by atoms with Gasteiger partial charge in [0.25, 0.3) is 0 Å². The van der Waals surface area contributed by atoms with Gasteiger partial charge in [0.15, 0.2) is 0 Å². The number of carbonyl (C=O) groups is 1. The molecule has 3 nitrogen and oxygen atoms in total. The Kier molecular flexibility index (Phi) is 3.51. The van der Waals surface area contributed by atoms with Gasteiger partial charge in [0.05, 0.1) is 0 Å². The topological polar surface area (TPSA) is 55.1 Å². The minimum Gasteiger partial charge on any atom is -0.398 e.